The van der Waals surface area contributed by atoms with E-state index in [2.05, 4.69) is 37.4 Å². The van der Waals surface area contributed by atoms with Crippen molar-refractivity contribution in [3.05, 3.63) is 23.8 Å². The molecule has 2 aliphatic rings. The van der Waals surface area contributed by atoms with Crippen molar-refractivity contribution in [2.75, 3.05) is 31.7 Å². The topological polar surface area (TPSA) is 39.7 Å². The maximum Gasteiger partial charge on any atom is 0.122 e. The van der Waals surface area contributed by atoms with E-state index in [1.807, 2.05) is 0 Å². The Morgan fingerprint density at radius 3 is 2.59 bits per heavy atom. The van der Waals surface area contributed by atoms with Gasteiger partial charge in [0.2, 0.25) is 0 Å². The predicted octanol–water partition coefficient (Wildman–Crippen LogP) is 3.39. The van der Waals surface area contributed by atoms with Crippen LogP contribution < -0.4 is 10.1 Å². The smallest absolute Gasteiger partial charge is 0.122 e. The SMILES string of the molecule is Cc1cc(NC2COCCC2C)ccc1OC1CCOCC1. The maximum absolute atomic E-state index is 6.12. The second kappa shape index (κ2) is 7.34. The Bertz CT molecular complexity index is 485. The van der Waals surface area contributed by atoms with Crippen molar-refractivity contribution in [3.63, 3.8) is 0 Å². The molecule has 2 unspecified atom stereocenters. The molecule has 0 spiro atoms. The molecule has 2 saturated heterocycles. The Morgan fingerprint density at radius 1 is 1.09 bits per heavy atom. The van der Waals surface area contributed by atoms with Gasteiger partial charge >= 0.3 is 0 Å². The van der Waals surface area contributed by atoms with Crippen LogP contribution in [0.5, 0.6) is 5.75 Å². The molecule has 2 aliphatic heterocycles. The second-order valence-corrected chi connectivity index (χ2v) is 6.50. The lowest BCUT2D eigenvalue weighted by Crippen LogP contribution is -2.37. The molecule has 0 aliphatic carbocycles. The third-order valence-electron chi connectivity index (χ3n) is 4.69. The Hall–Kier alpha value is -1.26. The highest BCUT2D eigenvalue weighted by Crippen LogP contribution is 2.27. The van der Waals surface area contributed by atoms with E-state index in [-0.39, 0.29) is 6.10 Å². The molecule has 0 amide bonds. The summed E-state index contributed by atoms with van der Waals surface area (Å²) >= 11 is 0. The number of hydrogen-bond acceptors (Lipinski definition) is 4. The molecule has 4 nitrogen and oxygen atoms in total. The molecule has 2 atom stereocenters. The minimum Gasteiger partial charge on any atom is -0.490 e. The largest absolute Gasteiger partial charge is 0.490 e. The van der Waals surface area contributed by atoms with E-state index in [1.54, 1.807) is 0 Å². The van der Waals surface area contributed by atoms with Crippen LogP contribution in [0.4, 0.5) is 5.69 Å². The third kappa shape index (κ3) is 3.93. The van der Waals surface area contributed by atoms with Crippen LogP contribution in [0.25, 0.3) is 0 Å². The van der Waals surface area contributed by atoms with Gasteiger partial charge in [0.05, 0.1) is 25.9 Å². The lowest BCUT2D eigenvalue weighted by Gasteiger charge is -2.30. The van der Waals surface area contributed by atoms with E-state index < -0.39 is 0 Å². The van der Waals surface area contributed by atoms with Crippen LogP contribution in [0, 0.1) is 12.8 Å². The molecule has 3 rings (SSSR count). The van der Waals surface area contributed by atoms with Gasteiger partial charge in [0.15, 0.2) is 0 Å². The number of anilines is 1. The van der Waals surface area contributed by atoms with Crippen molar-refractivity contribution >= 4 is 5.69 Å². The average molecular weight is 305 g/mol. The van der Waals surface area contributed by atoms with Crippen molar-refractivity contribution in [1.29, 1.82) is 0 Å². The molecular weight excluding hydrogens is 278 g/mol. The van der Waals surface area contributed by atoms with Gasteiger partial charge in [-0.3, -0.25) is 0 Å². The molecule has 1 N–H and O–H groups in total. The summed E-state index contributed by atoms with van der Waals surface area (Å²) in [6.45, 7) is 7.69. The van der Waals surface area contributed by atoms with E-state index in [1.165, 1.54) is 5.56 Å². The molecule has 2 fully saturated rings. The Balaban J connectivity index is 1.61. The van der Waals surface area contributed by atoms with Crippen LogP contribution >= 0.6 is 0 Å². The zero-order valence-corrected chi connectivity index (χ0v) is 13.6. The number of hydrogen-bond donors (Lipinski definition) is 1. The summed E-state index contributed by atoms with van der Waals surface area (Å²) in [5, 5.41) is 3.60. The molecule has 1 aromatic rings. The van der Waals surface area contributed by atoms with Crippen molar-refractivity contribution in [2.24, 2.45) is 5.92 Å². The maximum atomic E-state index is 6.12. The molecule has 4 heteroatoms. The Morgan fingerprint density at radius 2 is 1.86 bits per heavy atom. The average Bonchev–Trinajstić information content (AvgIpc) is 2.53. The number of benzene rings is 1. The Labute approximate surface area is 133 Å². The minimum absolute atomic E-state index is 0.290. The van der Waals surface area contributed by atoms with Crippen LogP contribution in [0.1, 0.15) is 31.7 Å². The van der Waals surface area contributed by atoms with Crippen LogP contribution in [-0.2, 0) is 9.47 Å². The molecule has 0 saturated carbocycles. The summed E-state index contributed by atoms with van der Waals surface area (Å²) in [6, 6.07) is 6.77. The van der Waals surface area contributed by atoms with Gasteiger partial charge in [-0.25, -0.2) is 0 Å². The fraction of sp³-hybridized carbons (Fsp3) is 0.667. The summed E-state index contributed by atoms with van der Waals surface area (Å²) in [5.41, 5.74) is 2.33. The highest BCUT2D eigenvalue weighted by molar-refractivity contribution is 5.51. The van der Waals surface area contributed by atoms with Gasteiger partial charge < -0.3 is 19.5 Å². The first-order valence-electron chi connectivity index (χ1n) is 8.41. The first-order valence-corrected chi connectivity index (χ1v) is 8.41. The van der Waals surface area contributed by atoms with Crippen LogP contribution in [0.3, 0.4) is 0 Å². The first kappa shape index (κ1) is 15.6. The van der Waals surface area contributed by atoms with Crippen molar-refractivity contribution < 1.29 is 14.2 Å². The summed E-state index contributed by atoms with van der Waals surface area (Å²) in [7, 11) is 0. The molecule has 1 aromatic carbocycles. The summed E-state index contributed by atoms with van der Waals surface area (Å²) in [5.74, 6) is 1.64. The number of rotatable bonds is 4. The van der Waals surface area contributed by atoms with E-state index >= 15 is 0 Å². The zero-order valence-electron chi connectivity index (χ0n) is 13.6. The van der Waals surface area contributed by atoms with E-state index in [4.69, 9.17) is 14.2 Å². The lowest BCUT2D eigenvalue weighted by molar-refractivity contribution is 0.0253. The van der Waals surface area contributed by atoms with Crippen molar-refractivity contribution in [2.45, 2.75) is 45.3 Å². The second-order valence-electron chi connectivity index (χ2n) is 6.50. The number of nitrogens with one attached hydrogen (secondary N) is 1. The predicted molar refractivity (Wildman–Crippen MR) is 87.7 cm³/mol. The van der Waals surface area contributed by atoms with Crippen LogP contribution in [0.15, 0.2) is 18.2 Å². The van der Waals surface area contributed by atoms with Gasteiger partial charge in [0.25, 0.3) is 0 Å². The van der Waals surface area contributed by atoms with Crippen molar-refractivity contribution in [3.8, 4) is 5.75 Å². The normalized spacial score (nSPS) is 26.6. The van der Waals surface area contributed by atoms with Gasteiger partial charge in [-0.2, -0.15) is 0 Å². The third-order valence-corrected chi connectivity index (χ3v) is 4.69. The molecule has 2 heterocycles. The highest BCUT2D eigenvalue weighted by atomic mass is 16.5. The highest BCUT2D eigenvalue weighted by Gasteiger charge is 2.22. The number of aryl methyl sites for hydroxylation is 1. The van der Waals surface area contributed by atoms with E-state index in [0.29, 0.717) is 12.0 Å². The summed E-state index contributed by atoms with van der Waals surface area (Å²) in [6.07, 6.45) is 3.38. The molecule has 0 radical (unpaired) electrons. The van der Waals surface area contributed by atoms with Gasteiger partial charge in [-0.1, -0.05) is 6.92 Å². The van der Waals surface area contributed by atoms with Crippen LogP contribution in [-0.4, -0.2) is 38.6 Å². The fourth-order valence-corrected chi connectivity index (χ4v) is 3.09. The molecule has 0 aromatic heterocycles. The zero-order chi connectivity index (χ0) is 15.4. The standard InChI is InChI=1S/C18H27NO3/c1-13-5-8-21-12-17(13)19-15-3-4-18(14(2)11-15)22-16-6-9-20-10-7-16/h3-4,11,13,16-17,19H,5-10,12H2,1-2H3. The summed E-state index contributed by atoms with van der Waals surface area (Å²) in [4.78, 5) is 0. The fourth-order valence-electron chi connectivity index (χ4n) is 3.09. The number of ether oxygens (including phenoxy) is 3. The van der Waals surface area contributed by atoms with Crippen molar-refractivity contribution in [1.82, 2.24) is 0 Å². The van der Waals surface area contributed by atoms with Crippen LogP contribution in [0.2, 0.25) is 0 Å². The first-order chi connectivity index (χ1) is 10.7. The molecule has 22 heavy (non-hydrogen) atoms. The Kier molecular flexibility index (Phi) is 5.21. The quantitative estimate of drug-likeness (QED) is 0.925. The molecule has 0 bridgehead atoms. The molecular formula is C18H27NO3. The van der Waals surface area contributed by atoms with Gasteiger partial charge in [-0.05, 0) is 43.0 Å². The lowest BCUT2D eigenvalue weighted by atomic mass is 9.97. The van der Waals surface area contributed by atoms with Gasteiger partial charge in [-0.15, -0.1) is 0 Å². The summed E-state index contributed by atoms with van der Waals surface area (Å²) < 4.78 is 17.1. The van der Waals surface area contributed by atoms with Gasteiger partial charge in [0.1, 0.15) is 11.9 Å². The van der Waals surface area contributed by atoms with E-state index in [0.717, 1.165) is 57.1 Å². The minimum atomic E-state index is 0.290. The van der Waals surface area contributed by atoms with E-state index in [9.17, 15) is 0 Å². The van der Waals surface area contributed by atoms with Gasteiger partial charge in [0, 0.05) is 25.1 Å². The molecule has 122 valence electrons. The monoisotopic (exact) mass is 305 g/mol.